The van der Waals surface area contributed by atoms with Crippen LogP contribution in [0.25, 0.3) is 16.9 Å². The van der Waals surface area contributed by atoms with Crippen LogP contribution in [0.1, 0.15) is 19.4 Å². The predicted octanol–water partition coefficient (Wildman–Crippen LogP) is 3.63. The molecule has 0 radical (unpaired) electrons. The number of hydrogen-bond acceptors (Lipinski definition) is 5. The van der Waals surface area contributed by atoms with E-state index < -0.39 is 4.92 Å². The Morgan fingerprint density at radius 1 is 1.10 bits per heavy atom. The molecule has 0 N–H and O–H groups in total. The van der Waals surface area contributed by atoms with Gasteiger partial charge in [0.2, 0.25) is 5.91 Å². The number of benzene rings is 2. The number of ether oxygens (including phenoxy) is 1. The molecule has 1 amide bonds. The summed E-state index contributed by atoms with van der Waals surface area (Å²) in [5.41, 5.74) is 3.03. The first kappa shape index (κ1) is 20.7. The normalized spacial score (nSPS) is 18.7. The van der Waals surface area contributed by atoms with Gasteiger partial charge in [0.05, 0.1) is 34.9 Å². The van der Waals surface area contributed by atoms with Gasteiger partial charge in [0.25, 0.3) is 5.69 Å². The molecule has 0 aliphatic carbocycles. The predicted molar refractivity (Wildman–Crippen MR) is 116 cm³/mol. The Balaban J connectivity index is 1.67. The highest BCUT2D eigenvalue weighted by Gasteiger charge is 2.27. The van der Waals surface area contributed by atoms with E-state index in [-0.39, 0.29) is 30.2 Å². The lowest BCUT2D eigenvalue weighted by molar-refractivity contribution is -0.384. The van der Waals surface area contributed by atoms with Crippen LogP contribution in [0.15, 0.2) is 60.8 Å². The number of non-ortho nitro benzene ring substituents is 1. The van der Waals surface area contributed by atoms with Crippen molar-refractivity contribution >= 4 is 11.6 Å². The van der Waals surface area contributed by atoms with E-state index in [4.69, 9.17) is 9.84 Å². The van der Waals surface area contributed by atoms with Crippen molar-refractivity contribution in [3.05, 3.63) is 76.5 Å². The number of para-hydroxylation sites is 1. The molecule has 2 aromatic carbocycles. The number of carbonyl (C=O) groups is 1. The number of hydrogen-bond donors (Lipinski definition) is 0. The van der Waals surface area contributed by atoms with Gasteiger partial charge in [-0.2, -0.15) is 5.10 Å². The smallest absolute Gasteiger partial charge is 0.269 e. The Bertz CT molecular complexity index is 1070. The number of nitro groups is 1. The fraction of sp³-hybridized carbons (Fsp3) is 0.304. The number of carbonyl (C=O) groups excluding carboxylic acids is 1. The van der Waals surface area contributed by atoms with Crippen LogP contribution in [0.5, 0.6) is 0 Å². The van der Waals surface area contributed by atoms with Crippen LogP contribution in [-0.4, -0.2) is 50.8 Å². The summed E-state index contributed by atoms with van der Waals surface area (Å²) in [6.45, 7) is 5.04. The average Bonchev–Trinajstić information content (AvgIpc) is 3.17. The fourth-order valence-corrected chi connectivity index (χ4v) is 3.89. The fourth-order valence-electron chi connectivity index (χ4n) is 3.89. The Labute approximate surface area is 180 Å². The molecular weight excluding hydrogens is 396 g/mol. The van der Waals surface area contributed by atoms with Crippen LogP contribution in [-0.2, 0) is 16.0 Å². The second kappa shape index (κ2) is 8.69. The molecule has 1 aromatic heterocycles. The zero-order valence-electron chi connectivity index (χ0n) is 17.5. The number of nitrogens with zero attached hydrogens (tertiary/aromatic N) is 4. The van der Waals surface area contributed by atoms with Crippen LogP contribution >= 0.6 is 0 Å². The summed E-state index contributed by atoms with van der Waals surface area (Å²) in [7, 11) is 0. The summed E-state index contributed by atoms with van der Waals surface area (Å²) < 4.78 is 7.48. The number of morpholine rings is 1. The quantitative estimate of drug-likeness (QED) is 0.464. The van der Waals surface area contributed by atoms with E-state index in [0.717, 1.165) is 16.8 Å². The minimum absolute atomic E-state index is 0.00566. The van der Waals surface area contributed by atoms with Crippen molar-refractivity contribution < 1.29 is 14.5 Å². The topological polar surface area (TPSA) is 90.5 Å². The number of aromatic nitrogens is 2. The SMILES string of the molecule is CC1CN(C(=O)Cc2cn(-c3ccccc3)nc2-c2ccc([N+](=O)[O-])cc2)CC(C)O1. The van der Waals surface area contributed by atoms with Gasteiger partial charge in [0.1, 0.15) is 0 Å². The van der Waals surface area contributed by atoms with Crippen LogP contribution in [0, 0.1) is 10.1 Å². The Morgan fingerprint density at radius 2 is 1.74 bits per heavy atom. The van der Waals surface area contributed by atoms with Crippen LogP contribution < -0.4 is 0 Å². The van der Waals surface area contributed by atoms with E-state index in [2.05, 4.69) is 0 Å². The van der Waals surface area contributed by atoms with Crippen molar-refractivity contribution in [3.8, 4) is 16.9 Å². The van der Waals surface area contributed by atoms with Gasteiger partial charge in [-0.15, -0.1) is 0 Å². The van der Waals surface area contributed by atoms with Gasteiger partial charge < -0.3 is 9.64 Å². The zero-order valence-corrected chi connectivity index (χ0v) is 17.5. The third-order valence-electron chi connectivity index (χ3n) is 5.28. The first-order chi connectivity index (χ1) is 14.9. The lowest BCUT2D eigenvalue weighted by Crippen LogP contribution is -2.48. The standard InChI is InChI=1S/C23H24N4O4/c1-16-13-25(14-17(2)31-16)22(28)12-19-15-26(20-6-4-3-5-7-20)24-23(19)18-8-10-21(11-9-18)27(29)30/h3-11,15-17H,12-14H2,1-2H3. The maximum atomic E-state index is 13.1. The monoisotopic (exact) mass is 420 g/mol. The van der Waals surface area contributed by atoms with Crippen molar-refractivity contribution in [3.63, 3.8) is 0 Å². The summed E-state index contributed by atoms with van der Waals surface area (Å²) in [6, 6.07) is 15.9. The summed E-state index contributed by atoms with van der Waals surface area (Å²) in [5.74, 6) is 0.0118. The van der Waals surface area contributed by atoms with E-state index in [0.29, 0.717) is 18.8 Å². The highest BCUT2D eigenvalue weighted by molar-refractivity contribution is 5.81. The molecule has 1 aliphatic heterocycles. The molecule has 8 heteroatoms. The van der Waals surface area contributed by atoms with Gasteiger partial charge in [-0.05, 0) is 38.1 Å². The molecule has 2 atom stereocenters. The Morgan fingerprint density at radius 3 is 2.35 bits per heavy atom. The molecule has 160 valence electrons. The number of nitro benzene ring substituents is 1. The van der Waals surface area contributed by atoms with Gasteiger partial charge in [-0.25, -0.2) is 4.68 Å². The Hall–Kier alpha value is -3.52. The maximum Gasteiger partial charge on any atom is 0.269 e. The number of rotatable bonds is 5. The van der Waals surface area contributed by atoms with Crippen LogP contribution in [0.2, 0.25) is 0 Å². The van der Waals surface area contributed by atoms with Crippen LogP contribution in [0.3, 0.4) is 0 Å². The lowest BCUT2D eigenvalue weighted by atomic mass is 10.0. The first-order valence-corrected chi connectivity index (χ1v) is 10.2. The van der Waals surface area contributed by atoms with E-state index in [1.807, 2.05) is 55.3 Å². The lowest BCUT2D eigenvalue weighted by Gasteiger charge is -2.35. The highest BCUT2D eigenvalue weighted by Crippen LogP contribution is 2.27. The van der Waals surface area contributed by atoms with Crippen molar-refractivity contribution in [2.75, 3.05) is 13.1 Å². The molecule has 0 spiro atoms. The Kier molecular flexibility index (Phi) is 5.81. The summed E-state index contributed by atoms with van der Waals surface area (Å²) in [4.78, 5) is 25.5. The molecule has 3 aromatic rings. The maximum absolute atomic E-state index is 13.1. The third-order valence-corrected chi connectivity index (χ3v) is 5.28. The van der Waals surface area contributed by atoms with E-state index in [1.165, 1.54) is 12.1 Å². The van der Waals surface area contributed by atoms with Gasteiger partial charge in [0, 0.05) is 42.5 Å². The van der Waals surface area contributed by atoms with Gasteiger partial charge in [0.15, 0.2) is 0 Å². The molecule has 4 rings (SSSR count). The molecule has 1 saturated heterocycles. The third kappa shape index (κ3) is 4.64. The van der Waals surface area contributed by atoms with Crippen molar-refractivity contribution in [2.45, 2.75) is 32.5 Å². The van der Waals surface area contributed by atoms with Gasteiger partial charge in [-0.1, -0.05) is 18.2 Å². The molecule has 0 saturated carbocycles. The van der Waals surface area contributed by atoms with E-state index in [9.17, 15) is 14.9 Å². The van der Waals surface area contributed by atoms with Gasteiger partial charge >= 0.3 is 0 Å². The summed E-state index contributed by atoms with van der Waals surface area (Å²) in [5, 5.41) is 15.7. The summed E-state index contributed by atoms with van der Waals surface area (Å²) in [6.07, 6.45) is 2.04. The molecule has 31 heavy (non-hydrogen) atoms. The molecular formula is C23H24N4O4. The van der Waals surface area contributed by atoms with Crippen molar-refractivity contribution in [1.82, 2.24) is 14.7 Å². The van der Waals surface area contributed by atoms with E-state index in [1.54, 1.807) is 16.8 Å². The molecule has 2 unspecified atom stereocenters. The van der Waals surface area contributed by atoms with Crippen molar-refractivity contribution in [2.24, 2.45) is 0 Å². The van der Waals surface area contributed by atoms with Crippen LogP contribution in [0.4, 0.5) is 5.69 Å². The molecule has 2 heterocycles. The van der Waals surface area contributed by atoms with Crippen molar-refractivity contribution in [1.29, 1.82) is 0 Å². The average molecular weight is 420 g/mol. The van der Waals surface area contributed by atoms with E-state index >= 15 is 0 Å². The van der Waals surface area contributed by atoms with Gasteiger partial charge in [-0.3, -0.25) is 14.9 Å². The highest BCUT2D eigenvalue weighted by atomic mass is 16.6. The minimum Gasteiger partial charge on any atom is -0.372 e. The largest absolute Gasteiger partial charge is 0.372 e. The summed E-state index contributed by atoms with van der Waals surface area (Å²) >= 11 is 0. The molecule has 0 bridgehead atoms. The number of amides is 1. The second-order valence-corrected chi connectivity index (χ2v) is 7.82. The minimum atomic E-state index is -0.433. The molecule has 1 aliphatic rings. The second-order valence-electron chi connectivity index (χ2n) is 7.82. The molecule has 1 fully saturated rings. The molecule has 8 nitrogen and oxygen atoms in total. The first-order valence-electron chi connectivity index (χ1n) is 10.2. The zero-order chi connectivity index (χ0) is 22.0.